The number of carbonyl (C=O) groups excluding carboxylic acids is 1. The van der Waals surface area contributed by atoms with Gasteiger partial charge in [0.25, 0.3) is 0 Å². The zero-order chi connectivity index (χ0) is 24.5. The molecule has 2 saturated heterocycles. The van der Waals surface area contributed by atoms with Crippen LogP contribution in [0.1, 0.15) is 91.9 Å². The second kappa shape index (κ2) is 8.84. The van der Waals surface area contributed by atoms with Crippen molar-refractivity contribution in [3.05, 3.63) is 11.1 Å². The number of hydrogen-bond acceptors (Lipinski definition) is 5. The van der Waals surface area contributed by atoms with Gasteiger partial charge in [-0.2, -0.15) is 0 Å². The van der Waals surface area contributed by atoms with E-state index in [1.54, 1.807) is 5.57 Å². The van der Waals surface area contributed by atoms with Gasteiger partial charge in [-0.1, -0.05) is 31.9 Å². The molecule has 35 heavy (non-hydrogen) atoms. The van der Waals surface area contributed by atoms with Gasteiger partial charge < -0.3 is 20.5 Å². The number of hydrogen-bond donors (Lipinski definition) is 2. The Morgan fingerprint density at radius 1 is 1.17 bits per heavy atom. The molecule has 0 aromatic heterocycles. The fourth-order valence-electron chi connectivity index (χ4n) is 10.1. The fraction of sp³-hybridized carbons (Fsp3) is 0.900. The number of carbonyl (C=O) groups is 1. The lowest BCUT2D eigenvalue weighted by Crippen LogP contribution is -2.49. The maximum absolute atomic E-state index is 11.8. The molecule has 0 aromatic rings. The zero-order valence-electron chi connectivity index (χ0n) is 22.5. The molecule has 0 radical (unpaired) electrons. The lowest BCUT2D eigenvalue weighted by molar-refractivity contribution is -0.155. The summed E-state index contributed by atoms with van der Waals surface area (Å²) in [6.07, 6.45) is 12.5. The third-order valence-electron chi connectivity index (χ3n) is 12.0. The van der Waals surface area contributed by atoms with Crippen LogP contribution in [0.25, 0.3) is 0 Å². The van der Waals surface area contributed by atoms with Gasteiger partial charge in [-0.05, 0) is 113 Å². The Morgan fingerprint density at radius 2 is 2.00 bits per heavy atom. The van der Waals surface area contributed by atoms with Gasteiger partial charge >= 0.3 is 5.97 Å². The summed E-state index contributed by atoms with van der Waals surface area (Å²) in [5.74, 6) is 4.13. The van der Waals surface area contributed by atoms with Gasteiger partial charge in [-0.25, -0.2) is 0 Å². The molecule has 6 rings (SSSR count). The maximum atomic E-state index is 11.8. The molecule has 2 aliphatic heterocycles. The average molecular weight is 485 g/mol. The van der Waals surface area contributed by atoms with Crippen molar-refractivity contribution in [1.29, 1.82) is 0 Å². The molecule has 6 aliphatic rings. The van der Waals surface area contributed by atoms with Crippen LogP contribution in [-0.2, 0) is 14.3 Å². The van der Waals surface area contributed by atoms with Crippen molar-refractivity contribution in [2.75, 3.05) is 13.1 Å². The molecule has 2 heterocycles. The number of esters is 1. The lowest BCUT2D eigenvalue weighted by atomic mass is 9.52. The van der Waals surface area contributed by atoms with E-state index < -0.39 is 0 Å². The van der Waals surface area contributed by atoms with E-state index in [4.69, 9.17) is 15.2 Å². The number of rotatable bonds is 2. The highest BCUT2D eigenvalue weighted by Gasteiger charge is 2.59. The third-order valence-corrected chi connectivity index (χ3v) is 12.0. The Bertz CT molecular complexity index is 887. The Hall–Kier alpha value is -0.910. The van der Waals surface area contributed by atoms with Crippen LogP contribution in [-0.4, -0.2) is 42.9 Å². The molecule has 0 bridgehead atoms. The van der Waals surface area contributed by atoms with Gasteiger partial charge in [-0.15, -0.1) is 0 Å². The molecule has 196 valence electrons. The van der Waals surface area contributed by atoms with Crippen molar-refractivity contribution in [1.82, 2.24) is 5.32 Å². The normalized spacial score (nSPS) is 51.3. The van der Waals surface area contributed by atoms with Crippen LogP contribution >= 0.6 is 0 Å². The molecule has 3 N–H and O–H groups in total. The van der Waals surface area contributed by atoms with Crippen molar-refractivity contribution < 1.29 is 14.3 Å². The summed E-state index contributed by atoms with van der Waals surface area (Å²) < 4.78 is 12.7. The molecule has 0 amide bonds. The van der Waals surface area contributed by atoms with E-state index in [0.29, 0.717) is 35.3 Å². The van der Waals surface area contributed by atoms with E-state index in [-0.39, 0.29) is 24.2 Å². The largest absolute Gasteiger partial charge is 0.461 e. The minimum atomic E-state index is -0.238. The van der Waals surface area contributed by atoms with E-state index in [1.807, 2.05) is 5.57 Å². The highest BCUT2D eigenvalue weighted by atomic mass is 16.5. The number of allylic oxidation sites excluding steroid dienone is 1. The SMILES string of the molecule is CC1=C2C[C@H]3[C@@H](CC[C@@H]4C[C@@H](OC(=O)CN)CC[C@@]43C)[C@@H]2CC[C@@]2(C1)O[C@@H]1C[C@H](C)CN[C@H]1[C@H]2C. The number of ether oxygens (including phenoxy) is 2. The van der Waals surface area contributed by atoms with Crippen LogP contribution in [0.2, 0.25) is 0 Å². The van der Waals surface area contributed by atoms with Crippen LogP contribution in [0.5, 0.6) is 0 Å². The monoisotopic (exact) mass is 484 g/mol. The molecule has 5 heteroatoms. The Kier molecular flexibility index (Phi) is 6.17. The third kappa shape index (κ3) is 3.85. The van der Waals surface area contributed by atoms with E-state index in [1.165, 1.54) is 44.9 Å². The quantitative estimate of drug-likeness (QED) is 0.427. The smallest absolute Gasteiger partial charge is 0.319 e. The summed E-state index contributed by atoms with van der Waals surface area (Å²) in [5.41, 5.74) is 9.40. The Balaban J connectivity index is 1.21. The van der Waals surface area contributed by atoms with Crippen molar-refractivity contribution in [2.45, 2.75) is 116 Å². The zero-order valence-corrected chi connectivity index (χ0v) is 22.5. The lowest BCUT2D eigenvalue weighted by Gasteiger charge is -2.54. The van der Waals surface area contributed by atoms with Gasteiger partial charge in [0.2, 0.25) is 0 Å². The molecule has 1 spiro atoms. The number of nitrogens with one attached hydrogen (secondary N) is 1. The van der Waals surface area contributed by atoms with Gasteiger partial charge in [-0.3, -0.25) is 4.79 Å². The molecular weight excluding hydrogens is 436 g/mol. The van der Waals surface area contributed by atoms with E-state index >= 15 is 0 Å². The number of piperidine rings is 1. The topological polar surface area (TPSA) is 73.6 Å². The standard InChI is InChI=1S/C30H48N2O3/c1-17-11-26-28(32-16-17)19(3)30(35-26)10-8-22-23-6-5-20-12-21(34-27(33)15-31)7-9-29(20,4)25(23)13-24(22)18(2)14-30/h17,19-23,25-26,28,32H,5-16,31H2,1-4H3/t17-,19+,20+,21-,22-,23-,25-,26+,28-,29-,30-/m0/s1. The average Bonchev–Trinajstić information content (AvgIpc) is 3.29. The van der Waals surface area contributed by atoms with Crippen LogP contribution in [0.3, 0.4) is 0 Å². The summed E-state index contributed by atoms with van der Waals surface area (Å²) in [4.78, 5) is 11.8. The predicted octanol–water partition coefficient (Wildman–Crippen LogP) is 4.98. The minimum Gasteiger partial charge on any atom is -0.461 e. The summed E-state index contributed by atoms with van der Waals surface area (Å²) in [7, 11) is 0. The number of nitrogens with two attached hydrogens (primary N) is 1. The number of fused-ring (bicyclic) bond motifs is 6. The van der Waals surface area contributed by atoms with Crippen molar-refractivity contribution in [3.63, 3.8) is 0 Å². The van der Waals surface area contributed by atoms with Gasteiger partial charge in [0.15, 0.2) is 0 Å². The molecule has 0 aromatic carbocycles. The minimum absolute atomic E-state index is 0.00134. The molecule has 0 unspecified atom stereocenters. The van der Waals surface area contributed by atoms with Crippen LogP contribution in [0, 0.1) is 40.9 Å². The molecule has 5 fully saturated rings. The second-order valence-electron chi connectivity index (χ2n) is 13.8. The van der Waals surface area contributed by atoms with E-state index in [2.05, 4.69) is 33.0 Å². The van der Waals surface area contributed by atoms with E-state index in [9.17, 15) is 4.79 Å². The Morgan fingerprint density at radius 3 is 2.80 bits per heavy atom. The molecule has 11 atom stereocenters. The summed E-state index contributed by atoms with van der Waals surface area (Å²) >= 11 is 0. The molecule has 3 saturated carbocycles. The first kappa shape index (κ1) is 24.4. The van der Waals surface area contributed by atoms with Crippen molar-refractivity contribution in [3.8, 4) is 0 Å². The Labute approximate surface area is 212 Å². The van der Waals surface area contributed by atoms with Gasteiger partial charge in [0, 0.05) is 12.0 Å². The van der Waals surface area contributed by atoms with Gasteiger partial charge in [0.1, 0.15) is 6.10 Å². The molecule has 4 aliphatic carbocycles. The van der Waals surface area contributed by atoms with Crippen LogP contribution < -0.4 is 11.1 Å². The summed E-state index contributed by atoms with van der Waals surface area (Å²) in [6.45, 7) is 11.0. The summed E-state index contributed by atoms with van der Waals surface area (Å²) in [5, 5.41) is 3.86. The maximum Gasteiger partial charge on any atom is 0.319 e. The fourth-order valence-corrected chi connectivity index (χ4v) is 10.1. The first-order valence-corrected chi connectivity index (χ1v) is 14.7. The second-order valence-corrected chi connectivity index (χ2v) is 13.8. The van der Waals surface area contributed by atoms with E-state index in [0.717, 1.165) is 43.6 Å². The first-order valence-electron chi connectivity index (χ1n) is 14.7. The highest BCUT2D eigenvalue weighted by Crippen LogP contribution is 2.65. The highest BCUT2D eigenvalue weighted by molar-refractivity contribution is 5.71. The summed E-state index contributed by atoms with van der Waals surface area (Å²) in [6, 6.07) is 0.535. The predicted molar refractivity (Wildman–Crippen MR) is 138 cm³/mol. The van der Waals surface area contributed by atoms with Crippen molar-refractivity contribution in [2.24, 2.45) is 46.7 Å². The van der Waals surface area contributed by atoms with Crippen LogP contribution in [0.4, 0.5) is 0 Å². The molecular formula is C30H48N2O3. The molecule has 5 nitrogen and oxygen atoms in total. The van der Waals surface area contributed by atoms with Crippen LogP contribution in [0.15, 0.2) is 11.1 Å². The first-order chi connectivity index (χ1) is 16.7. The van der Waals surface area contributed by atoms with Crippen molar-refractivity contribution >= 4 is 5.97 Å². The van der Waals surface area contributed by atoms with Gasteiger partial charge in [0.05, 0.1) is 18.2 Å².